The van der Waals surface area contributed by atoms with Crippen LogP contribution < -0.4 is 10.5 Å². The zero-order valence-electron chi connectivity index (χ0n) is 11.5. The fourth-order valence-corrected chi connectivity index (χ4v) is 1.72. The van der Waals surface area contributed by atoms with E-state index in [0.717, 1.165) is 12.1 Å². The fraction of sp³-hybridized carbons (Fsp3) is 0.286. The number of anilines is 1. The van der Waals surface area contributed by atoms with Gasteiger partial charge in [0.2, 0.25) is 0 Å². The summed E-state index contributed by atoms with van der Waals surface area (Å²) in [5, 5.41) is 4.11. The van der Waals surface area contributed by atoms with Crippen molar-refractivity contribution in [3.63, 3.8) is 0 Å². The third-order valence-corrected chi connectivity index (χ3v) is 2.86. The van der Waals surface area contributed by atoms with Gasteiger partial charge in [-0.3, -0.25) is 4.68 Å². The van der Waals surface area contributed by atoms with Gasteiger partial charge >= 0.3 is 5.97 Å². The van der Waals surface area contributed by atoms with Crippen molar-refractivity contribution in [3.05, 3.63) is 41.7 Å². The Bertz CT molecular complexity index is 607. The lowest BCUT2D eigenvalue weighted by molar-refractivity contribution is 0.0473. The summed E-state index contributed by atoms with van der Waals surface area (Å²) in [5.41, 5.74) is 7.26. The van der Waals surface area contributed by atoms with Gasteiger partial charge in [0.05, 0.1) is 18.9 Å². The minimum Gasteiger partial charge on any atom is -0.497 e. The van der Waals surface area contributed by atoms with Crippen LogP contribution >= 0.6 is 0 Å². The van der Waals surface area contributed by atoms with Gasteiger partial charge in [0.25, 0.3) is 0 Å². The topological polar surface area (TPSA) is 79.4 Å². The van der Waals surface area contributed by atoms with Crippen LogP contribution in [0, 0.1) is 0 Å². The van der Waals surface area contributed by atoms with Crippen molar-refractivity contribution in [1.82, 2.24) is 9.78 Å². The summed E-state index contributed by atoms with van der Waals surface area (Å²) in [6, 6.07) is 4.87. The van der Waals surface area contributed by atoms with Gasteiger partial charge in [-0.1, -0.05) is 0 Å². The highest BCUT2D eigenvalue weighted by molar-refractivity contribution is 5.95. The van der Waals surface area contributed by atoms with Gasteiger partial charge in [-0.25, -0.2) is 4.79 Å². The molecule has 0 saturated carbocycles. The van der Waals surface area contributed by atoms with Crippen LogP contribution in [0.3, 0.4) is 0 Å². The second kappa shape index (κ2) is 6.10. The van der Waals surface area contributed by atoms with Crippen LogP contribution in [0.15, 0.2) is 30.6 Å². The Balaban J connectivity index is 2.04. The highest BCUT2D eigenvalue weighted by Gasteiger charge is 2.13. The lowest BCUT2D eigenvalue weighted by atomic mass is 10.2. The van der Waals surface area contributed by atoms with Crippen LogP contribution in [-0.2, 0) is 17.9 Å². The van der Waals surface area contributed by atoms with Crippen molar-refractivity contribution < 1.29 is 14.3 Å². The van der Waals surface area contributed by atoms with Crippen LogP contribution in [0.25, 0.3) is 0 Å². The van der Waals surface area contributed by atoms with E-state index in [1.807, 2.05) is 13.1 Å². The third-order valence-electron chi connectivity index (χ3n) is 2.86. The van der Waals surface area contributed by atoms with Crippen molar-refractivity contribution in [2.75, 3.05) is 12.8 Å². The van der Waals surface area contributed by atoms with E-state index in [0.29, 0.717) is 17.0 Å². The first kappa shape index (κ1) is 13.9. The Morgan fingerprint density at radius 2 is 2.25 bits per heavy atom. The molecule has 106 valence electrons. The standard InChI is InChI=1S/C14H17N3O3/c1-3-17-8-10(7-16-17)9-20-14(18)12-6-11(19-2)4-5-13(12)15/h4-8H,3,9,15H2,1-2H3. The molecule has 1 aromatic carbocycles. The number of hydrogen-bond donors (Lipinski definition) is 1. The van der Waals surface area contributed by atoms with E-state index in [1.54, 1.807) is 29.1 Å². The molecule has 0 aliphatic rings. The molecule has 0 spiro atoms. The van der Waals surface area contributed by atoms with Crippen LogP contribution in [0.1, 0.15) is 22.8 Å². The van der Waals surface area contributed by atoms with Gasteiger partial charge < -0.3 is 15.2 Å². The summed E-state index contributed by atoms with van der Waals surface area (Å²) in [7, 11) is 1.53. The van der Waals surface area contributed by atoms with Crippen molar-refractivity contribution in [1.29, 1.82) is 0 Å². The fourth-order valence-electron chi connectivity index (χ4n) is 1.72. The Labute approximate surface area is 117 Å². The molecule has 20 heavy (non-hydrogen) atoms. The van der Waals surface area contributed by atoms with E-state index in [9.17, 15) is 4.79 Å². The van der Waals surface area contributed by atoms with E-state index in [4.69, 9.17) is 15.2 Å². The molecule has 2 rings (SSSR count). The molecule has 0 atom stereocenters. The smallest absolute Gasteiger partial charge is 0.340 e. The first-order chi connectivity index (χ1) is 9.63. The molecule has 1 heterocycles. The third kappa shape index (κ3) is 3.09. The van der Waals surface area contributed by atoms with Crippen molar-refractivity contribution in [2.45, 2.75) is 20.1 Å². The number of aryl methyl sites for hydroxylation is 1. The number of methoxy groups -OCH3 is 1. The van der Waals surface area contributed by atoms with Gasteiger partial charge in [0.1, 0.15) is 12.4 Å². The van der Waals surface area contributed by atoms with Crippen LogP contribution in [0.4, 0.5) is 5.69 Å². The van der Waals surface area contributed by atoms with Gasteiger partial charge in [-0.2, -0.15) is 5.10 Å². The maximum Gasteiger partial charge on any atom is 0.340 e. The van der Waals surface area contributed by atoms with Crippen molar-refractivity contribution in [2.24, 2.45) is 0 Å². The average Bonchev–Trinajstić information content (AvgIpc) is 2.93. The maximum atomic E-state index is 12.0. The summed E-state index contributed by atoms with van der Waals surface area (Å²) in [5.74, 6) is 0.0793. The number of carbonyl (C=O) groups is 1. The second-order valence-electron chi connectivity index (χ2n) is 4.23. The van der Waals surface area contributed by atoms with E-state index in [1.165, 1.54) is 7.11 Å². The number of nitrogens with zero attached hydrogens (tertiary/aromatic N) is 2. The second-order valence-corrected chi connectivity index (χ2v) is 4.23. The maximum absolute atomic E-state index is 12.0. The number of ether oxygens (including phenoxy) is 2. The molecule has 0 bridgehead atoms. The normalized spacial score (nSPS) is 10.3. The molecule has 0 aliphatic carbocycles. The van der Waals surface area contributed by atoms with Crippen molar-refractivity contribution in [3.8, 4) is 5.75 Å². The molecule has 0 amide bonds. The van der Waals surface area contributed by atoms with Crippen molar-refractivity contribution >= 4 is 11.7 Å². The molecule has 6 heteroatoms. The highest BCUT2D eigenvalue weighted by atomic mass is 16.5. The molecule has 0 saturated heterocycles. The molecule has 2 N–H and O–H groups in total. The SMILES string of the molecule is CCn1cc(COC(=O)c2cc(OC)ccc2N)cn1. The average molecular weight is 275 g/mol. The molecule has 0 radical (unpaired) electrons. The summed E-state index contributed by atoms with van der Waals surface area (Å²) in [4.78, 5) is 12.0. The van der Waals surface area contributed by atoms with Gasteiger partial charge in [-0.05, 0) is 25.1 Å². The highest BCUT2D eigenvalue weighted by Crippen LogP contribution is 2.20. The predicted molar refractivity (Wildman–Crippen MR) is 74.4 cm³/mol. The number of rotatable bonds is 5. The predicted octanol–water partition coefficient (Wildman–Crippen LogP) is 1.85. The van der Waals surface area contributed by atoms with Crippen LogP contribution in [-0.4, -0.2) is 22.9 Å². The molecule has 0 aliphatic heterocycles. The number of nitrogen functional groups attached to an aromatic ring is 1. The minimum atomic E-state index is -0.481. The van der Waals surface area contributed by atoms with Gasteiger partial charge in [0.15, 0.2) is 0 Å². The van der Waals surface area contributed by atoms with E-state index in [-0.39, 0.29) is 6.61 Å². The molecular formula is C14H17N3O3. The van der Waals surface area contributed by atoms with E-state index in [2.05, 4.69) is 5.10 Å². The Morgan fingerprint density at radius 1 is 1.45 bits per heavy atom. The summed E-state index contributed by atoms with van der Waals surface area (Å²) >= 11 is 0. The zero-order valence-corrected chi connectivity index (χ0v) is 11.5. The molecular weight excluding hydrogens is 258 g/mol. The monoisotopic (exact) mass is 275 g/mol. The molecule has 6 nitrogen and oxygen atoms in total. The number of hydrogen-bond acceptors (Lipinski definition) is 5. The largest absolute Gasteiger partial charge is 0.497 e. The number of aromatic nitrogens is 2. The Hall–Kier alpha value is -2.50. The first-order valence-corrected chi connectivity index (χ1v) is 6.26. The zero-order chi connectivity index (χ0) is 14.5. The quantitative estimate of drug-likeness (QED) is 0.665. The number of nitrogens with two attached hydrogens (primary N) is 1. The molecule has 2 aromatic rings. The molecule has 1 aromatic heterocycles. The van der Waals surface area contributed by atoms with Crippen LogP contribution in [0.5, 0.6) is 5.75 Å². The minimum absolute atomic E-state index is 0.162. The molecule has 0 fully saturated rings. The summed E-state index contributed by atoms with van der Waals surface area (Å²) < 4.78 is 12.1. The van der Waals surface area contributed by atoms with E-state index < -0.39 is 5.97 Å². The lowest BCUT2D eigenvalue weighted by Crippen LogP contribution is -2.08. The number of carbonyl (C=O) groups excluding carboxylic acids is 1. The lowest BCUT2D eigenvalue weighted by Gasteiger charge is -2.08. The number of esters is 1. The number of benzene rings is 1. The van der Waals surface area contributed by atoms with E-state index >= 15 is 0 Å². The Kier molecular flexibility index (Phi) is 4.24. The first-order valence-electron chi connectivity index (χ1n) is 6.26. The van der Waals surface area contributed by atoms with Crippen LogP contribution in [0.2, 0.25) is 0 Å². The molecule has 0 unspecified atom stereocenters. The van der Waals surface area contributed by atoms with Gasteiger partial charge in [0, 0.05) is 24.0 Å². The Morgan fingerprint density at radius 3 is 2.90 bits per heavy atom. The van der Waals surface area contributed by atoms with Gasteiger partial charge in [-0.15, -0.1) is 0 Å². The summed E-state index contributed by atoms with van der Waals surface area (Å²) in [6.07, 6.45) is 3.51. The summed E-state index contributed by atoms with van der Waals surface area (Å²) in [6.45, 7) is 2.92.